The number of nitrogens with zero attached hydrogens (tertiary/aromatic N) is 2. The third-order valence-corrected chi connectivity index (χ3v) is 8.84. The normalized spacial score (nSPS) is 22.1. The van der Waals surface area contributed by atoms with Gasteiger partial charge >= 0.3 is 0 Å². The zero-order valence-electron chi connectivity index (χ0n) is 25.0. The summed E-state index contributed by atoms with van der Waals surface area (Å²) in [4.78, 5) is 29.5. The summed E-state index contributed by atoms with van der Waals surface area (Å²) < 4.78 is 18.6. The molecule has 3 heterocycles. The van der Waals surface area contributed by atoms with Gasteiger partial charge in [-0.1, -0.05) is 78.9 Å². The van der Waals surface area contributed by atoms with Crippen molar-refractivity contribution < 1.29 is 28.9 Å². The molecule has 45 heavy (non-hydrogen) atoms. The standard InChI is InChI=1S/C37H36N2O6/c40-24-25-8-10-28(11-9-25)34-21-31(23-38-16-18-43-19-17-38)44-37(45-34)29-14-12-27(13-15-29)30-5-3-4-26(20-30)22-39-35(41)32-6-1-2-7-33(32)36(39)42/h1-15,20,31,34,37,40H,16-19,21-24H2/t31-,34+,37+/m1/s1. The summed E-state index contributed by atoms with van der Waals surface area (Å²) in [5.74, 6) is -0.514. The highest BCUT2D eigenvalue weighted by molar-refractivity contribution is 6.21. The minimum Gasteiger partial charge on any atom is -0.392 e. The molecule has 0 unspecified atom stereocenters. The molecule has 8 nitrogen and oxygen atoms in total. The van der Waals surface area contributed by atoms with Crippen LogP contribution in [-0.4, -0.2) is 65.7 Å². The third kappa shape index (κ3) is 6.33. The monoisotopic (exact) mass is 604 g/mol. The lowest BCUT2D eigenvalue weighted by molar-refractivity contribution is -0.253. The predicted molar refractivity (Wildman–Crippen MR) is 168 cm³/mol. The second-order valence-electron chi connectivity index (χ2n) is 11.8. The molecule has 0 saturated carbocycles. The van der Waals surface area contributed by atoms with Crippen LogP contribution in [0.2, 0.25) is 0 Å². The average Bonchev–Trinajstić information content (AvgIpc) is 3.33. The maximum Gasteiger partial charge on any atom is 0.261 e. The number of benzene rings is 4. The second kappa shape index (κ2) is 13.0. The number of imide groups is 1. The molecule has 2 saturated heterocycles. The first kappa shape index (κ1) is 29.5. The zero-order valence-corrected chi connectivity index (χ0v) is 25.0. The molecule has 4 aromatic carbocycles. The topological polar surface area (TPSA) is 88.5 Å². The number of hydrogen-bond donors (Lipinski definition) is 1. The first-order valence-electron chi connectivity index (χ1n) is 15.5. The fourth-order valence-electron chi connectivity index (χ4n) is 6.35. The Bertz CT molecular complexity index is 1630. The van der Waals surface area contributed by atoms with Crippen LogP contribution in [0.15, 0.2) is 97.1 Å². The van der Waals surface area contributed by atoms with Crippen molar-refractivity contribution in [3.8, 4) is 11.1 Å². The van der Waals surface area contributed by atoms with Crippen LogP contribution in [0.4, 0.5) is 0 Å². The highest BCUT2D eigenvalue weighted by Gasteiger charge is 2.35. The van der Waals surface area contributed by atoms with Crippen LogP contribution in [0.5, 0.6) is 0 Å². The second-order valence-corrected chi connectivity index (χ2v) is 11.8. The lowest BCUT2D eigenvalue weighted by atomic mass is 9.99. The number of amides is 2. The summed E-state index contributed by atoms with van der Waals surface area (Å²) in [7, 11) is 0. The number of carbonyl (C=O) groups is 2. The van der Waals surface area contributed by atoms with Crippen LogP contribution in [0.25, 0.3) is 11.1 Å². The van der Waals surface area contributed by atoms with E-state index in [2.05, 4.69) is 17.0 Å². The van der Waals surface area contributed by atoms with Crippen molar-refractivity contribution in [2.75, 3.05) is 32.8 Å². The molecule has 3 aliphatic rings. The number of carbonyl (C=O) groups excluding carboxylic acids is 2. The Labute approximate surface area is 262 Å². The van der Waals surface area contributed by atoms with Gasteiger partial charge in [0.1, 0.15) is 0 Å². The van der Waals surface area contributed by atoms with Gasteiger partial charge in [0.2, 0.25) is 0 Å². The molecular formula is C37H36N2O6. The van der Waals surface area contributed by atoms with Crippen molar-refractivity contribution >= 4 is 11.8 Å². The number of morpholine rings is 1. The SMILES string of the molecule is O=C1c2ccccc2C(=O)N1Cc1cccc(-c2ccc([C@H]3O[C@@H](CN4CCOCC4)C[C@@H](c4ccc(CO)cc4)O3)cc2)c1. The maximum atomic E-state index is 12.9. The summed E-state index contributed by atoms with van der Waals surface area (Å²) in [6, 6.07) is 31.0. The number of aliphatic hydroxyl groups excluding tert-OH is 1. The fourth-order valence-corrected chi connectivity index (χ4v) is 6.35. The molecule has 7 rings (SSSR count). The summed E-state index contributed by atoms with van der Waals surface area (Å²) in [6.07, 6.45) is 0.0649. The Kier molecular flexibility index (Phi) is 8.56. The number of fused-ring (bicyclic) bond motifs is 1. The molecule has 1 N–H and O–H groups in total. The summed E-state index contributed by atoms with van der Waals surface area (Å²) in [6.45, 7) is 4.29. The van der Waals surface area contributed by atoms with Gasteiger partial charge < -0.3 is 19.3 Å². The lowest BCUT2D eigenvalue weighted by Crippen LogP contribution is -2.44. The summed E-state index contributed by atoms with van der Waals surface area (Å²) in [5.41, 5.74) is 6.68. The van der Waals surface area contributed by atoms with Crippen molar-refractivity contribution in [1.29, 1.82) is 0 Å². The molecule has 0 radical (unpaired) electrons. The molecular weight excluding hydrogens is 568 g/mol. The van der Waals surface area contributed by atoms with Crippen molar-refractivity contribution in [3.05, 3.63) is 130 Å². The van der Waals surface area contributed by atoms with Crippen LogP contribution in [0.3, 0.4) is 0 Å². The van der Waals surface area contributed by atoms with Crippen LogP contribution in [0.1, 0.15) is 61.8 Å². The highest BCUT2D eigenvalue weighted by atomic mass is 16.7. The van der Waals surface area contributed by atoms with Gasteiger partial charge in [-0.25, -0.2) is 0 Å². The molecule has 0 aromatic heterocycles. The van der Waals surface area contributed by atoms with E-state index in [0.717, 1.165) is 72.6 Å². The van der Waals surface area contributed by atoms with E-state index in [9.17, 15) is 14.7 Å². The van der Waals surface area contributed by atoms with Gasteiger partial charge in [0, 0.05) is 31.6 Å². The van der Waals surface area contributed by atoms with Gasteiger partial charge in [0.05, 0.1) is 49.7 Å². The van der Waals surface area contributed by atoms with Gasteiger partial charge in [-0.3, -0.25) is 19.4 Å². The Morgan fingerprint density at radius 2 is 1.40 bits per heavy atom. The van der Waals surface area contributed by atoms with Crippen molar-refractivity contribution in [1.82, 2.24) is 9.80 Å². The molecule has 3 aliphatic heterocycles. The first-order valence-corrected chi connectivity index (χ1v) is 15.5. The van der Waals surface area contributed by atoms with E-state index in [0.29, 0.717) is 11.1 Å². The molecule has 4 aromatic rings. The molecule has 0 spiro atoms. The van der Waals surface area contributed by atoms with E-state index in [4.69, 9.17) is 14.2 Å². The van der Waals surface area contributed by atoms with Gasteiger partial charge in [-0.05, 0) is 46.0 Å². The minimum atomic E-state index is -0.526. The number of rotatable bonds is 8. The van der Waals surface area contributed by atoms with Gasteiger partial charge in [-0.15, -0.1) is 0 Å². The van der Waals surface area contributed by atoms with Crippen molar-refractivity contribution in [2.24, 2.45) is 0 Å². The summed E-state index contributed by atoms with van der Waals surface area (Å²) in [5, 5.41) is 9.50. The Balaban J connectivity index is 1.08. The van der Waals surface area contributed by atoms with E-state index in [1.165, 1.54) is 4.90 Å². The Hall–Kier alpha value is -4.18. The minimum absolute atomic E-state index is 0.00915. The van der Waals surface area contributed by atoms with Gasteiger partial charge in [0.25, 0.3) is 11.8 Å². The Morgan fingerprint density at radius 3 is 2.09 bits per heavy atom. The quantitative estimate of drug-likeness (QED) is 0.265. The zero-order chi connectivity index (χ0) is 30.8. The van der Waals surface area contributed by atoms with Crippen LogP contribution < -0.4 is 0 Å². The maximum absolute atomic E-state index is 12.9. The third-order valence-electron chi connectivity index (χ3n) is 8.84. The van der Waals surface area contributed by atoms with Gasteiger partial charge in [0.15, 0.2) is 6.29 Å². The van der Waals surface area contributed by atoms with Crippen LogP contribution in [0, 0.1) is 0 Å². The molecule has 3 atom stereocenters. The van der Waals surface area contributed by atoms with E-state index in [-0.39, 0.29) is 37.2 Å². The number of ether oxygens (including phenoxy) is 3. The molecule has 2 fully saturated rings. The van der Waals surface area contributed by atoms with E-state index < -0.39 is 6.29 Å². The highest BCUT2D eigenvalue weighted by Crippen LogP contribution is 2.39. The van der Waals surface area contributed by atoms with E-state index in [1.54, 1.807) is 24.3 Å². The van der Waals surface area contributed by atoms with Crippen LogP contribution in [-0.2, 0) is 27.4 Å². The number of hydrogen-bond acceptors (Lipinski definition) is 7. The molecule has 0 aliphatic carbocycles. The molecule has 2 amide bonds. The smallest absolute Gasteiger partial charge is 0.261 e. The largest absolute Gasteiger partial charge is 0.392 e. The van der Waals surface area contributed by atoms with Gasteiger partial charge in [-0.2, -0.15) is 0 Å². The predicted octanol–water partition coefficient (Wildman–Crippen LogP) is 5.52. The first-order chi connectivity index (χ1) is 22.1. The molecule has 0 bridgehead atoms. The average molecular weight is 605 g/mol. The fraction of sp³-hybridized carbons (Fsp3) is 0.297. The van der Waals surface area contributed by atoms with E-state index in [1.807, 2.05) is 60.7 Å². The van der Waals surface area contributed by atoms with Crippen molar-refractivity contribution in [3.63, 3.8) is 0 Å². The number of aliphatic hydroxyl groups is 1. The summed E-state index contributed by atoms with van der Waals surface area (Å²) >= 11 is 0. The Morgan fingerprint density at radius 1 is 0.711 bits per heavy atom. The lowest BCUT2D eigenvalue weighted by Gasteiger charge is -2.39. The van der Waals surface area contributed by atoms with Crippen LogP contribution >= 0.6 is 0 Å². The molecule has 230 valence electrons. The molecule has 8 heteroatoms. The van der Waals surface area contributed by atoms with E-state index >= 15 is 0 Å². The van der Waals surface area contributed by atoms with Crippen molar-refractivity contribution in [2.45, 2.75) is 38.1 Å².